The first-order chi connectivity index (χ1) is 7.89. The Kier molecular flexibility index (Phi) is 4.95. The Morgan fingerprint density at radius 1 is 1.47 bits per heavy atom. The van der Waals surface area contributed by atoms with E-state index in [0.717, 1.165) is 19.0 Å². The molecule has 0 aromatic rings. The Labute approximate surface area is 104 Å². The molecule has 3 unspecified atom stereocenters. The molecule has 0 saturated carbocycles. The number of carbonyl (C=O) groups is 1. The highest BCUT2D eigenvalue weighted by molar-refractivity contribution is 5.78. The number of hydrogen-bond donors (Lipinski definition) is 2. The Bertz CT molecular complexity index is 270. The van der Waals surface area contributed by atoms with E-state index in [1.165, 1.54) is 12.8 Å². The van der Waals surface area contributed by atoms with Crippen molar-refractivity contribution in [1.29, 1.82) is 0 Å². The minimum Gasteiger partial charge on any atom is -0.480 e. The molecule has 0 spiro atoms. The summed E-state index contributed by atoms with van der Waals surface area (Å²) in [7, 11) is 1.72. The van der Waals surface area contributed by atoms with Crippen LogP contribution in [0.15, 0.2) is 0 Å². The van der Waals surface area contributed by atoms with Crippen LogP contribution in [0, 0.1) is 5.92 Å². The fourth-order valence-corrected chi connectivity index (χ4v) is 2.40. The van der Waals surface area contributed by atoms with E-state index in [4.69, 9.17) is 0 Å². The number of nitrogens with zero attached hydrogens (tertiary/aromatic N) is 1. The van der Waals surface area contributed by atoms with Gasteiger partial charge < -0.3 is 15.3 Å². The van der Waals surface area contributed by atoms with Gasteiger partial charge in [0.15, 0.2) is 0 Å². The lowest BCUT2D eigenvalue weighted by Gasteiger charge is -2.38. The number of carboxylic acid groups (broad SMARTS) is 1. The van der Waals surface area contributed by atoms with Crippen molar-refractivity contribution in [2.24, 2.45) is 5.92 Å². The summed E-state index contributed by atoms with van der Waals surface area (Å²) >= 11 is 0. The van der Waals surface area contributed by atoms with Crippen LogP contribution in [0.25, 0.3) is 0 Å². The van der Waals surface area contributed by atoms with Gasteiger partial charge in [0.05, 0.1) is 0 Å². The van der Waals surface area contributed by atoms with Crippen LogP contribution in [-0.2, 0) is 4.79 Å². The first-order valence-electron chi connectivity index (χ1n) is 6.55. The zero-order valence-corrected chi connectivity index (χ0v) is 11.5. The third-order valence-corrected chi connectivity index (χ3v) is 4.17. The minimum absolute atomic E-state index is 0.584. The van der Waals surface area contributed by atoms with Gasteiger partial charge in [-0.05, 0) is 46.1 Å². The third kappa shape index (κ3) is 3.68. The Hall–Kier alpha value is -0.610. The van der Waals surface area contributed by atoms with Crippen LogP contribution < -0.4 is 5.32 Å². The number of nitrogens with one attached hydrogen (secondary N) is 1. The maximum atomic E-state index is 11.2. The van der Waals surface area contributed by atoms with Gasteiger partial charge in [-0.25, -0.2) is 0 Å². The van der Waals surface area contributed by atoms with Gasteiger partial charge in [-0.3, -0.25) is 4.79 Å². The molecule has 0 bridgehead atoms. The van der Waals surface area contributed by atoms with Crippen molar-refractivity contribution in [3.8, 4) is 0 Å². The van der Waals surface area contributed by atoms with Crippen LogP contribution in [0.3, 0.4) is 0 Å². The SMILES string of the molecule is CNC(C)(CCN1CC(C)CCC1C)C(=O)O. The van der Waals surface area contributed by atoms with Crippen molar-refractivity contribution >= 4 is 5.97 Å². The Morgan fingerprint density at radius 2 is 2.12 bits per heavy atom. The molecule has 0 amide bonds. The molecular weight excluding hydrogens is 216 g/mol. The molecule has 0 aromatic heterocycles. The largest absolute Gasteiger partial charge is 0.480 e. The second-order valence-electron chi connectivity index (χ2n) is 5.66. The lowest BCUT2D eigenvalue weighted by molar-refractivity contribution is -0.144. The molecule has 17 heavy (non-hydrogen) atoms. The van der Waals surface area contributed by atoms with Gasteiger partial charge in [0.2, 0.25) is 0 Å². The molecule has 3 atom stereocenters. The summed E-state index contributed by atoms with van der Waals surface area (Å²) in [4.78, 5) is 13.6. The number of carboxylic acids is 1. The lowest BCUT2D eigenvalue weighted by atomic mass is 9.92. The zero-order valence-electron chi connectivity index (χ0n) is 11.5. The van der Waals surface area contributed by atoms with Crippen LogP contribution in [-0.4, -0.2) is 47.7 Å². The second kappa shape index (κ2) is 5.83. The molecule has 100 valence electrons. The predicted molar refractivity (Wildman–Crippen MR) is 69.2 cm³/mol. The monoisotopic (exact) mass is 242 g/mol. The molecule has 1 fully saturated rings. The third-order valence-electron chi connectivity index (χ3n) is 4.17. The van der Waals surface area contributed by atoms with E-state index >= 15 is 0 Å². The summed E-state index contributed by atoms with van der Waals surface area (Å²) in [6, 6.07) is 0.584. The summed E-state index contributed by atoms with van der Waals surface area (Å²) < 4.78 is 0. The quantitative estimate of drug-likeness (QED) is 0.768. The maximum absolute atomic E-state index is 11.2. The van der Waals surface area contributed by atoms with E-state index in [-0.39, 0.29) is 0 Å². The van der Waals surface area contributed by atoms with Crippen molar-refractivity contribution in [3.05, 3.63) is 0 Å². The van der Waals surface area contributed by atoms with Crippen molar-refractivity contribution in [1.82, 2.24) is 10.2 Å². The number of likely N-dealkylation sites (tertiary alicyclic amines) is 1. The molecule has 0 radical (unpaired) electrons. The molecule has 4 nitrogen and oxygen atoms in total. The standard InChI is InChI=1S/C13H26N2O2/c1-10-5-6-11(2)15(9-10)8-7-13(3,14-4)12(16)17/h10-11,14H,5-9H2,1-4H3,(H,16,17). The summed E-state index contributed by atoms with van der Waals surface area (Å²) in [5, 5.41) is 12.1. The highest BCUT2D eigenvalue weighted by Gasteiger charge is 2.32. The molecule has 1 aliphatic heterocycles. The van der Waals surface area contributed by atoms with Crippen LogP contribution in [0.1, 0.15) is 40.0 Å². The summed E-state index contributed by atoms with van der Waals surface area (Å²) in [6.07, 6.45) is 3.17. The van der Waals surface area contributed by atoms with E-state index in [1.54, 1.807) is 14.0 Å². The molecule has 0 aromatic carbocycles. The maximum Gasteiger partial charge on any atom is 0.323 e. The van der Waals surface area contributed by atoms with Gasteiger partial charge in [-0.2, -0.15) is 0 Å². The van der Waals surface area contributed by atoms with Crippen molar-refractivity contribution in [2.75, 3.05) is 20.1 Å². The van der Waals surface area contributed by atoms with Gasteiger partial charge in [0, 0.05) is 19.1 Å². The summed E-state index contributed by atoms with van der Waals surface area (Å²) in [5.41, 5.74) is -0.805. The molecule has 2 N–H and O–H groups in total. The van der Waals surface area contributed by atoms with Crippen LogP contribution in [0.5, 0.6) is 0 Å². The zero-order chi connectivity index (χ0) is 13.1. The average molecular weight is 242 g/mol. The number of hydrogen-bond acceptors (Lipinski definition) is 3. The molecular formula is C13H26N2O2. The molecule has 4 heteroatoms. The van der Waals surface area contributed by atoms with Gasteiger partial charge in [0.1, 0.15) is 5.54 Å². The van der Waals surface area contributed by atoms with Crippen LogP contribution in [0.4, 0.5) is 0 Å². The number of piperidine rings is 1. The fraction of sp³-hybridized carbons (Fsp3) is 0.923. The van der Waals surface area contributed by atoms with Crippen LogP contribution >= 0.6 is 0 Å². The number of likely N-dealkylation sites (N-methyl/N-ethyl adjacent to an activating group) is 1. The van der Waals surface area contributed by atoms with Gasteiger partial charge in [0.25, 0.3) is 0 Å². The number of rotatable bonds is 5. The molecule has 1 heterocycles. The van der Waals surface area contributed by atoms with Gasteiger partial charge in [-0.15, -0.1) is 0 Å². The van der Waals surface area contributed by atoms with E-state index in [2.05, 4.69) is 24.1 Å². The molecule has 1 saturated heterocycles. The second-order valence-corrected chi connectivity index (χ2v) is 5.66. The highest BCUT2D eigenvalue weighted by atomic mass is 16.4. The van der Waals surface area contributed by atoms with Gasteiger partial charge in [-0.1, -0.05) is 6.92 Å². The topological polar surface area (TPSA) is 52.6 Å². The predicted octanol–water partition coefficient (Wildman–Crippen LogP) is 1.56. The van der Waals surface area contributed by atoms with Crippen molar-refractivity contribution < 1.29 is 9.90 Å². The summed E-state index contributed by atoms with van der Waals surface area (Å²) in [6.45, 7) is 8.22. The first-order valence-corrected chi connectivity index (χ1v) is 6.55. The summed E-state index contributed by atoms with van der Waals surface area (Å²) in [5.74, 6) is -0.0328. The van der Waals surface area contributed by atoms with Crippen molar-refractivity contribution in [2.45, 2.75) is 51.6 Å². The average Bonchev–Trinajstić information content (AvgIpc) is 2.29. The normalized spacial score (nSPS) is 29.9. The van der Waals surface area contributed by atoms with E-state index in [1.807, 2.05) is 0 Å². The highest BCUT2D eigenvalue weighted by Crippen LogP contribution is 2.22. The fourth-order valence-electron chi connectivity index (χ4n) is 2.40. The molecule has 0 aliphatic carbocycles. The Balaban J connectivity index is 2.51. The Morgan fingerprint density at radius 3 is 2.65 bits per heavy atom. The van der Waals surface area contributed by atoms with Gasteiger partial charge >= 0.3 is 5.97 Å². The first kappa shape index (κ1) is 14.5. The lowest BCUT2D eigenvalue weighted by Crippen LogP contribution is -2.51. The molecule has 1 rings (SSSR count). The minimum atomic E-state index is -0.805. The smallest absolute Gasteiger partial charge is 0.323 e. The van der Waals surface area contributed by atoms with Crippen molar-refractivity contribution in [3.63, 3.8) is 0 Å². The van der Waals surface area contributed by atoms with E-state index in [9.17, 15) is 9.90 Å². The molecule has 1 aliphatic rings. The number of aliphatic carboxylic acids is 1. The van der Waals surface area contributed by atoms with E-state index in [0.29, 0.717) is 12.5 Å². The van der Waals surface area contributed by atoms with Crippen LogP contribution in [0.2, 0.25) is 0 Å². The van der Waals surface area contributed by atoms with E-state index < -0.39 is 11.5 Å².